The minimum atomic E-state index is -0.257. The fraction of sp³-hybridized carbons (Fsp3) is 0.143. The second-order valence-corrected chi connectivity index (χ2v) is 4.47. The first-order valence-electron chi connectivity index (χ1n) is 5.35. The number of hydrogen-bond acceptors (Lipinski definition) is 1. The third-order valence-corrected chi connectivity index (χ3v) is 3.03. The molecule has 0 spiro atoms. The van der Waals surface area contributed by atoms with Gasteiger partial charge in [-0.15, -0.1) is 0 Å². The maximum absolute atomic E-state index is 12.8. The zero-order valence-electron chi connectivity index (χ0n) is 9.45. The molecule has 0 fully saturated rings. The zero-order chi connectivity index (χ0) is 12.4. The van der Waals surface area contributed by atoms with Crippen molar-refractivity contribution >= 4 is 11.6 Å². The second kappa shape index (κ2) is 4.86. The van der Waals surface area contributed by atoms with Crippen LogP contribution in [0, 0.1) is 12.7 Å². The molecule has 0 heterocycles. The van der Waals surface area contributed by atoms with Gasteiger partial charge in [0.25, 0.3) is 0 Å². The van der Waals surface area contributed by atoms with Crippen LogP contribution >= 0.6 is 11.6 Å². The van der Waals surface area contributed by atoms with Crippen LogP contribution in [0.15, 0.2) is 42.5 Å². The molecule has 2 N–H and O–H groups in total. The van der Waals surface area contributed by atoms with Crippen molar-refractivity contribution in [1.29, 1.82) is 0 Å². The van der Waals surface area contributed by atoms with Crippen molar-refractivity contribution in [3.63, 3.8) is 0 Å². The highest BCUT2D eigenvalue weighted by Gasteiger charge is 2.11. The Balaban J connectivity index is 2.36. The van der Waals surface area contributed by atoms with Gasteiger partial charge in [0.1, 0.15) is 5.82 Å². The minimum Gasteiger partial charge on any atom is -0.320 e. The molecule has 0 aromatic heterocycles. The van der Waals surface area contributed by atoms with E-state index < -0.39 is 0 Å². The summed E-state index contributed by atoms with van der Waals surface area (Å²) >= 11 is 5.90. The highest BCUT2D eigenvalue weighted by atomic mass is 35.5. The molecule has 3 heteroatoms. The van der Waals surface area contributed by atoms with Crippen molar-refractivity contribution in [2.75, 3.05) is 0 Å². The molecule has 2 rings (SSSR count). The Morgan fingerprint density at radius 3 is 2.35 bits per heavy atom. The first-order chi connectivity index (χ1) is 8.08. The van der Waals surface area contributed by atoms with E-state index in [2.05, 4.69) is 0 Å². The van der Waals surface area contributed by atoms with Gasteiger partial charge in [-0.2, -0.15) is 0 Å². The van der Waals surface area contributed by atoms with Crippen molar-refractivity contribution in [2.45, 2.75) is 13.0 Å². The molecule has 1 nitrogen and oxygen atoms in total. The number of rotatable bonds is 2. The van der Waals surface area contributed by atoms with Crippen LogP contribution in [-0.4, -0.2) is 0 Å². The summed E-state index contributed by atoms with van der Waals surface area (Å²) in [6, 6.07) is 11.6. The Kier molecular flexibility index (Phi) is 3.46. The third kappa shape index (κ3) is 2.65. The molecule has 88 valence electrons. The molecule has 0 radical (unpaired) electrons. The first kappa shape index (κ1) is 12.1. The molecule has 17 heavy (non-hydrogen) atoms. The average Bonchev–Trinajstić information content (AvgIpc) is 2.29. The molecule has 0 aliphatic rings. The molecular formula is C14H13ClFN. The number of halogens is 2. The van der Waals surface area contributed by atoms with Crippen molar-refractivity contribution < 1.29 is 4.39 Å². The van der Waals surface area contributed by atoms with Gasteiger partial charge < -0.3 is 5.73 Å². The maximum atomic E-state index is 12.8. The molecule has 1 atom stereocenters. The van der Waals surface area contributed by atoms with Crippen molar-refractivity contribution in [1.82, 2.24) is 0 Å². The van der Waals surface area contributed by atoms with Crippen molar-refractivity contribution in [2.24, 2.45) is 5.73 Å². The molecule has 0 aliphatic carbocycles. The van der Waals surface area contributed by atoms with Gasteiger partial charge in [-0.25, -0.2) is 4.39 Å². The maximum Gasteiger partial charge on any atom is 0.123 e. The van der Waals surface area contributed by atoms with E-state index in [1.54, 1.807) is 12.1 Å². The zero-order valence-corrected chi connectivity index (χ0v) is 10.2. The van der Waals surface area contributed by atoms with Crippen LogP contribution in [0.2, 0.25) is 5.02 Å². The Morgan fingerprint density at radius 1 is 1.12 bits per heavy atom. The summed E-state index contributed by atoms with van der Waals surface area (Å²) in [7, 11) is 0. The van der Waals surface area contributed by atoms with Gasteiger partial charge in [0.05, 0.1) is 6.04 Å². The SMILES string of the molecule is Cc1cc(Cl)ccc1C(N)c1ccc(F)cc1. The van der Waals surface area contributed by atoms with Crippen LogP contribution in [-0.2, 0) is 0 Å². The van der Waals surface area contributed by atoms with Crippen LogP contribution in [0.25, 0.3) is 0 Å². The summed E-state index contributed by atoms with van der Waals surface area (Å²) in [5, 5.41) is 0.692. The van der Waals surface area contributed by atoms with E-state index in [1.807, 2.05) is 25.1 Å². The van der Waals surface area contributed by atoms with Crippen molar-refractivity contribution in [3.05, 3.63) is 70.0 Å². The van der Waals surface area contributed by atoms with Gasteiger partial charge in [0.2, 0.25) is 0 Å². The largest absolute Gasteiger partial charge is 0.320 e. The fourth-order valence-corrected chi connectivity index (χ4v) is 2.06. The molecule has 0 aliphatic heterocycles. The lowest BCUT2D eigenvalue weighted by atomic mass is 9.96. The monoisotopic (exact) mass is 249 g/mol. The summed E-state index contributed by atoms with van der Waals surface area (Å²) in [5.41, 5.74) is 9.08. The van der Waals surface area contributed by atoms with E-state index in [4.69, 9.17) is 17.3 Å². The molecule has 0 saturated carbocycles. The molecule has 1 unspecified atom stereocenters. The Labute approximate surface area is 105 Å². The number of hydrogen-bond donors (Lipinski definition) is 1. The Bertz CT molecular complexity index is 522. The molecule has 0 amide bonds. The minimum absolute atomic E-state index is 0.256. The molecular weight excluding hydrogens is 237 g/mol. The van der Waals surface area contributed by atoms with Gasteiger partial charge in [-0.05, 0) is 47.9 Å². The second-order valence-electron chi connectivity index (χ2n) is 4.03. The summed E-state index contributed by atoms with van der Waals surface area (Å²) in [5.74, 6) is -0.256. The smallest absolute Gasteiger partial charge is 0.123 e. The molecule has 2 aromatic rings. The Hall–Kier alpha value is -1.38. The van der Waals surface area contributed by atoms with E-state index in [0.29, 0.717) is 5.02 Å². The van der Waals surface area contributed by atoms with Crippen LogP contribution < -0.4 is 5.73 Å². The predicted octanol–water partition coefficient (Wildman–Crippen LogP) is 3.84. The highest BCUT2D eigenvalue weighted by Crippen LogP contribution is 2.25. The van der Waals surface area contributed by atoms with Gasteiger partial charge in [-0.3, -0.25) is 0 Å². The molecule has 0 bridgehead atoms. The van der Waals surface area contributed by atoms with E-state index in [0.717, 1.165) is 16.7 Å². The van der Waals surface area contributed by atoms with E-state index >= 15 is 0 Å². The van der Waals surface area contributed by atoms with Gasteiger partial charge in [0, 0.05) is 5.02 Å². The van der Waals surface area contributed by atoms with Gasteiger partial charge in [-0.1, -0.05) is 29.8 Å². The van der Waals surface area contributed by atoms with E-state index in [1.165, 1.54) is 12.1 Å². The van der Waals surface area contributed by atoms with Crippen LogP contribution in [0.4, 0.5) is 4.39 Å². The van der Waals surface area contributed by atoms with Gasteiger partial charge >= 0.3 is 0 Å². The standard InChI is InChI=1S/C14H13ClFN/c1-9-8-11(15)4-7-13(9)14(17)10-2-5-12(16)6-3-10/h2-8,14H,17H2,1H3. The topological polar surface area (TPSA) is 26.0 Å². The van der Waals surface area contributed by atoms with Crippen molar-refractivity contribution in [3.8, 4) is 0 Å². The lowest BCUT2D eigenvalue weighted by Crippen LogP contribution is -2.13. The molecule has 0 saturated heterocycles. The summed E-state index contributed by atoms with van der Waals surface area (Å²) in [6.45, 7) is 1.96. The lowest BCUT2D eigenvalue weighted by Gasteiger charge is -2.15. The normalized spacial score (nSPS) is 12.5. The summed E-state index contributed by atoms with van der Waals surface area (Å²) in [4.78, 5) is 0. The third-order valence-electron chi connectivity index (χ3n) is 2.80. The lowest BCUT2D eigenvalue weighted by molar-refractivity contribution is 0.626. The first-order valence-corrected chi connectivity index (χ1v) is 5.73. The summed E-state index contributed by atoms with van der Waals surface area (Å²) in [6.07, 6.45) is 0. The quantitative estimate of drug-likeness (QED) is 0.860. The summed E-state index contributed by atoms with van der Waals surface area (Å²) < 4.78 is 12.8. The van der Waals surface area contributed by atoms with Crippen LogP contribution in [0.3, 0.4) is 0 Å². The van der Waals surface area contributed by atoms with Crippen LogP contribution in [0.5, 0.6) is 0 Å². The van der Waals surface area contributed by atoms with E-state index in [9.17, 15) is 4.39 Å². The van der Waals surface area contributed by atoms with Gasteiger partial charge in [0.15, 0.2) is 0 Å². The Morgan fingerprint density at radius 2 is 1.76 bits per heavy atom. The average molecular weight is 250 g/mol. The van der Waals surface area contributed by atoms with Crippen LogP contribution in [0.1, 0.15) is 22.7 Å². The highest BCUT2D eigenvalue weighted by molar-refractivity contribution is 6.30. The molecule has 2 aromatic carbocycles. The fourth-order valence-electron chi connectivity index (χ4n) is 1.84. The number of nitrogens with two attached hydrogens (primary N) is 1. The number of benzene rings is 2. The van der Waals surface area contributed by atoms with E-state index in [-0.39, 0.29) is 11.9 Å². The predicted molar refractivity (Wildman–Crippen MR) is 68.6 cm³/mol. The number of aryl methyl sites for hydroxylation is 1.